The smallest absolute Gasteiger partial charge is 0.338 e. The van der Waals surface area contributed by atoms with Crippen LogP contribution in [0.1, 0.15) is 45.0 Å². The van der Waals surface area contributed by atoms with Gasteiger partial charge in [0.2, 0.25) is 17.7 Å². The van der Waals surface area contributed by atoms with Gasteiger partial charge >= 0.3 is 11.9 Å². The van der Waals surface area contributed by atoms with E-state index in [4.69, 9.17) is 14.2 Å². The summed E-state index contributed by atoms with van der Waals surface area (Å²) in [5, 5.41) is 22.2. The summed E-state index contributed by atoms with van der Waals surface area (Å²) >= 11 is 0. The molecule has 0 saturated heterocycles. The van der Waals surface area contributed by atoms with Crippen LogP contribution in [0.15, 0.2) is 42.5 Å². The van der Waals surface area contributed by atoms with Crippen molar-refractivity contribution in [2.75, 3.05) is 13.7 Å². The summed E-state index contributed by atoms with van der Waals surface area (Å²) in [5.41, 5.74) is -3.30. The first-order valence-electron chi connectivity index (χ1n) is 13.9. The third-order valence-electron chi connectivity index (χ3n) is 7.16. The van der Waals surface area contributed by atoms with E-state index in [0.717, 1.165) is 7.11 Å². The monoisotopic (exact) mass is 622 g/mol. The second kappa shape index (κ2) is 12.3. The molecular weight excluding hydrogens is 588 g/mol. The Bertz CT molecular complexity index is 1730. The number of phenols is 1. The highest BCUT2D eigenvalue weighted by atomic mass is 16.5. The fourth-order valence-corrected chi connectivity index (χ4v) is 4.64. The van der Waals surface area contributed by atoms with E-state index in [9.17, 15) is 33.9 Å². The zero-order chi connectivity index (χ0) is 33.3. The summed E-state index contributed by atoms with van der Waals surface area (Å²) < 4.78 is 16.3. The highest BCUT2D eigenvalue weighted by Gasteiger charge is 2.40. The van der Waals surface area contributed by atoms with E-state index >= 15 is 0 Å². The van der Waals surface area contributed by atoms with Crippen molar-refractivity contribution in [1.82, 2.24) is 21.3 Å². The Morgan fingerprint density at radius 2 is 1.53 bits per heavy atom. The Kier molecular flexibility index (Phi) is 8.89. The van der Waals surface area contributed by atoms with Gasteiger partial charge in [0.25, 0.3) is 12.1 Å². The van der Waals surface area contributed by atoms with Gasteiger partial charge in [-0.05, 0) is 45.9 Å². The average molecular weight is 623 g/mol. The van der Waals surface area contributed by atoms with Crippen LogP contribution in [0, 0.1) is 0 Å². The standard InChI is InChI=1S/C31H34N4O10/c1-15(36)32-25-24(38)34-31(4,5)29(42)35-30(2,3)28(41)33-21(27(40)43-6)14-44-26(39)16-11-12-18-20(13-16)23(45-25)19-10-8-7-9-17(19)22(18)37/h7-13,21,25,37H,14H2,1-6H3,(H,32,36)(H,33,41)(H,34,38)(H,35,42)/t21-,25?/m0/s1. The van der Waals surface area contributed by atoms with Crippen LogP contribution >= 0.6 is 0 Å². The van der Waals surface area contributed by atoms with Gasteiger partial charge in [-0.1, -0.05) is 24.3 Å². The number of hydrogen-bond acceptors (Lipinski definition) is 10. The molecular formula is C31H34N4O10. The van der Waals surface area contributed by atoms with Crippen molar-refractivity contribution in [1.29, 1.82) is 0 Å². The minimum atomic E-state index is -1.68. The lowest BCUT2D eigenvalue weighted by atomic mass is 9.98. The van der Waals surface area contributed by atoms with Crippen LogP contribution < -0.4 is 26.0 Å². The SMILES string of the molecule is COC(=O)[C@@H]1COC(=O)c2ccc3c(O)c4ccccc4c(c3c2)OC(NC(C)=O)C(=O)NC(C)(C)C(=O)NC(C)(C)C(=O)N1. The summed E-state index contributed by atoms with van der Waals surface area (Å²) in [6.45, 7) is 6.05. The van der Waals surface area contributed by atoms with Crippen LogP contribution in [0.4, 0.5) is 0 Å². The lowest BCUT2D eigenvalue weighted by Gasteiger charge is -2.33. The summed E-state index contributed by atoms with van der Waals surface area (Å²) in [6.07, 6.45) is -1.68. The molecule has 0 aromatic heterocycles. The van der Waals surface area contributed by atoms with Crippen LogP contribution in [0.2, 0.25) is 0 Å². The normalized spacial score (nSPS) is 20.5. The number of ether oxygens (including phenoxy) is 3. The van der Waals surface area contributed by atoms with Crippen LogP contribution in [-0.4, -0.2) is 77.7 Å². The number of phenolic OH excluding ortho intramolecular Hbond substituents is 1. The molecule has 14 nitrogen and oxygen atoms in total. The zero-order valence-corrected chi connectivity index (χ0v) is 25.5. The minimum Gasteiger partial charge on any atom is -0.507 e. The average Bonchev–Trinajstić information content (AvgIpc) is 2.98. The summed E-state index contributed by atoms with van der Waals surface area (Å²) in [6, 6.07) is 9.35. The second-order valence-electron chi connectivity index (χ2n) is 11.5. The van der Waals surface area contributed by atoms with Crippen molar-refractivity contribution < 1.29 is 48.1 Å². The van der Waals surface area contributed by atoms with Crippen molar-refractivity contribution >= 4 is 57.1 Å². The number of cyclic esters (lactones) is 1. The third-order valence-corrected chi connectivity index (χ3v) is 7.16. The topological polar surface area (TPSA) is 198 Å². The number of rotatable bonds is 2. The van der Waals surface area contributed by atoms with Gasteiger partial charge in [0.05, 0.1) is 12.7 Å². The molecule has 0 saturated carbocycles. The number of esters is 2. The number of hydrogen-bond donors (Lipinski definition) is 5. The summed E-state index contributed by atoms with van der Waals surface area (Å²) in [7, 11) is 1.09. The maximum absolute atomic E-state index is 13.6. The highest BCUT2D eigenvalue weighted by molar-refractivity contribution is 6.12. The Balaban J connectivity index is 1.92. The van der Waals surface area contributed by atoms with E-state index in [1.807, 2.05) is 0 Å². The van der Waals surface area contributed by atoms with Crippen LogP contribution in [0.5, 0.6) is 11.5 Å². The van der Waals surface area contributed by atoms with Crippen LogP contribution in [-0.2, 0) is 33.4 Å². The molecule has 45 heavy (non-hydrogen) atoms. The van der Waals surface area contributed by atoms with Gasteiger partial charge in [0, 0.05) is 28.5 Å². The molecule has 1 aliphatic rings. The number of benzene rings is 3. The van der Waals surface area contributed by atoms with Gasteiger partial charge in [0.1, 0.15) is 29.2 Å². The van der Waals surface area contributed by atoms with Gasteiger partial charge in [-0.25, -0.2) is 9.59 Å². The number of carbonyl (C=O) groups excluding carboxylic acids is 6. The predicted molar refractivity (Wildman–Crippen MR) is 160 cm³/mol. The Morgan fingerprint density at radius 1 is 0.911 bits per heavy atom. The maximum atomic E-state index is 13.6. The number of nitrogens with one attached hydrogen (secondary N) is 4. The Hall–Kier alpha value is -5.40. The van der Waals surface area contributed by atoms with Gasteiger partial charge in [-0.3, -0.25) is 19.2 Å². The maximum Gasteiger partial charge on any atom is 0.338 e. The lowest BCUT2D eigenvalue weighted by Crippen LogP contribution is -2.65. The molecule has 4 amide bonds. The van der Waals surface area contributed by atoms with Crippen LogP contribution in [0.3, 0.4) is 0 Å². The molecule has 3 aromatic carbocycles. The van der Waals surface area contributed by atoms with Crippen molar-refractivity contribution in [2.24, 2.45) is 0 Å². The van der Waals surface area contributed by atoms with Gasteiger partial charge in [-0.2, -0.15) is 0 Å². The number of methoxy groups -OCH3 is 1. The van der Waals surface area contributed by atoms with Gasteiger partial charge < -0.3 is 40.6 Å². The molecule has 4 rings (SSSR count). The fourth-order valence-electron chi connectivity index (χ4n) is 4.64. The van der Waals surface area contributed by atoms with Crippen molar-refractivity contribution in [3.05, 3.63) is 48.0 Å². The molecule has 1 heterocycles. The second-order valence-corrected chi connectivity index (χ2v) is 11.5. The van der Waals surface area contributed by atoms with E-state index in [1.165, 1.54) is 52.8 Å². The first-order valence-corrected chi connectivity index (χ1v) is 13.9. The molecule has 1 aliphatic heterocycles. The minimum absolute atomic E-state index is 0.0210. The quantitative estimate of drug-likeness (QED) is 0.204. The van der Waals surface area contributed by atoms with Gasteiger partial charge in [-0.15, -0.1) is 0 Å². The molecule has 3 aromatic rings. The number of fused-ring (bicyclic) bond motifs is 3. The molecule has 2 atom stereocenters. The molecule has 1 unspecified atom stereocenters. The van der Waals surface area contributed by atoms with Crippen molar-refractivity contribution in [3.63, 3.8) is 0 Å². The van der Waals surface area contributed by atoms with E-state index in [2.05, 4.69) is 21.3 Å². The molecule has 0 aliphatic carbocycles. The van der Waals surface area contributed by atoms with Gasteiger partial charge in [0.15, 0.2) is 6.04 Å². The summed E-state index contributed by atoms with van der Waals surface area (Å²) in [5.74, 6) is -5.06. The number of aromatic hydroxyl groups is 1. The predicted octanol–water partition coefficient (Wildman–Crippen LogP) is 1.16. The molecule has 0 spiro atoms. The molecule has 238 valence electrons. The largest absolute Gasteiger partial charge is 0.507 e. The Labute approximate surface area is 257 Å². The molecule has 2 bridgehead atoms. The first-order chi connectivity index (χ1) is 21.1. The Morgan fingerprint density at radius 3 is 2.18 bits per heavy atom. The summed E-state index contributed by atoms with van der Waals surface area (Å²) in [4.78, 5) is 77.9. The molecule has 0 fully saturated rings. The fraction of sp³-hybridized carbons (Fsp3) is 0.355. The number of amides is 4. The number of carbonyl (C=O) groups is 6. The van der Waals surface area contributed by atoms with Crippen molar-refractivity contribution in [2.45, 2.75) is 58.0 Å². The molecule has 14 heteroatoms. The van der Waals surface area contributed by atoms with E-state index in [1.54, 1.807) is 24.3 Å². The zero-order valence-electron chi connectivity index (χ0n) is 25.5. The third kappa shape index (κ3) is 6.74. The van der Waals surface area contributed by atoms with Crippen LogP contribution in [0.25, 0.3) is 21.5 Å². The van der Waals surface area contributed by atoms with E-state index < -0.39 is 65.5 Å². The molecule has 0 radical (unpaired) electrons. The highest BCUT2D eigenvalue weighted by Crippen LogP contribution is 2.42. The van der Waals surface area contributed by atoms with E-state index in [0.29, 0.717) is 10.8 Å². The molecule has 5 N–H and O–H groups in total. The van der Waals surface area contributed by atoms with Crippen molar-refractivity contribution in [3.8, 4) is 11.5 Å². The lowest BCUT2D eigenvalue weighted by molar-refractivity contribution is -0.147. The first kappa shape index (κ1) is 32.5. The van der Waals surface area contributed by atoms with E-state index in [-0.39, 0.29) is 27.8 Å².